The van der Waals surface area contributed by atoms with Gasteiger partial charge in [-0.25, -0.2) is 4.98 Å². The quantitative estimate of drug-likeness (QED) is 0.580. The molecule has 0 amide bonds. The fourth-order valence-corrected chi connectivity index (χ4v) is 0.771. The van der Waals surface area contributed by atoms with Crippen LogP contribution >= 0.6 is 24.0 Å². The van der Waals surface area contributed by atoms with E-state index < -0.39 is 0 Å². The molecule has 0 aliphatic carbocycles. The second kappa shape index (κ2) is 3.75. The van der Waals surface area contributed by atoms with E-state index in [9.17, 15) is 0 Å². The van der Waals surface area contributed by atoms with Crippen molar-refractivity contribution in [2.24, 2.45) is 7.05 Å². The van der Waals surface area contributed by atoms with E-state index in [2.05, 4.69) is 4.98 Å². The molecule has 1 aromatic heterocycles. The summed E-state index contributed by atoms with van der Waals surface area (Å²) in [7, 11) is 1.92. The largest absolute Gasteiger partial charge is 0.337 e. The highest BCUT2D eigenvalue weighted by molar-refractivity contribution is 6.16. The van der Waals surface area contributed by atoms with E-state index in [0.717, 1.165) is 5.69 Å². The number of alkyl halides is 1. The predicted octanol–water partition coefficient (Wildman–Crippen LogP) is 1.58. The van der Waals surface area contributed by atoms with Gasteiger partial charge in [-0.3, -0.25) is 0 Å². The second-order valence-corrected chi connectivity index (χ2v) is 1.90. The van der Waals surface area contributed by atoms with Gasteiger partial charge in [0.05, 0.1) is 17.9 Å². The van der Waals surface area contributed by atoms with Crippen molar-refractivity contribution in [3.8, 4) is 0 Å². The summed E-state index contributed by atoms with van der Waals surface area (Å²) in [6, 6.07) is 0. The van der Waals surface area contributed by atoms with Gasteiger partial charge in [-0.2, -0.15) is 0 Å². The molecule has 0 spiro atoms. The van der Waals surface area contributed by atoms with Crippen LogP contribution in [0.25, 0.3) is 0 Å². The third kappa shape index (κ3) is 1.88. The van der Waals surface area contributed by atoms with Crippen LogP contribution in [0.5, 0.6) is 0 Å². The maximum Gasteiger partial charge on any atom is 0.0945 e. The van der Waals surface area contributed by atoms with E-state index >= 15 is 0 Å². The zero-order chi connectivity index (χ0) is 5.98. The van der Waals surface area contributed by atoms with E-state index in [1.54, 1.807) is 12.5 Å². The fourth-order valence-electron chi connectivity index (χ4n) is 0.513. The van der Waals surface area contributed by atoms with E-state index in [1.165, 1.54) is 0 Å². The Bertz CT molecular complexity index is 173. The van der Waals surface area contributed by atoms with Crippen molar-refractivity contribution in [2.75, 3.05) is 0 Å². The van der Waals surface area contributed by atoms with Crippen LogP contribution in [-0.4, -0.2) is 9.55 Å². The molecule has 0 saturated heterocycles. The predicted molar refractivity (Wildman–Crippen MR) is 40.0 cm³/mol. The minimum atomic E-state index is 0. The summed E-state index contributed by atoms with van der Waals surface area (Å²) in [5.41, 5.74) is 1.05. The lowest BCUT2D eigenvalue weighted by Crippen LogP contribution is -1.89. The Balaban J connectivity index is 0.000000640. The average molecular weight is 167 g/mol. The number of aromatic nitrogens is 2. The van der Waals surface area contributed by atoms with E-state index in [1.807, 2.05) is 11.6 Å². The van der Waals surface area contributed by atoms with Gasteiger partial charge in [-0.1, -0.05) is 0 Å². The Morgan fingerprint density at radius 3 is 2.67 bits per heavy atom. The smallest absolute Gasteiger partial charge is 0.0945 e. The molecule has 9 heavy (non-hydrogen) atoms. The van der Waals surface area contributed by atoms with Crippen molar-refractivity contribution < 1.29 is 0 Å². The Hall–Kier alpha value is -0.210. The molecule has 2 nitrogen and oxygen atoms in total. The molecule has 0 unspecified atom stereocenters. The van der Waals surface area contributed by atoms with Crippen LogP contribution in [0.3, 0.4) is 0 Å². The number of halogens is 2. The van der Waals surface area contributed by atoms with E-state index in [4.69, 9.17) is 11.6 Å². The van der Waals surface area contributed by atoms with Crippen LogP contribution in [-0.2, 0) is 12.9 Å². The summed E-state index contributed by atoms with van der Waals surface area (Å²) in [6.45, 7) is 0. The lowest BCUT2D eigenvalue weighted by molar-refractivity contribution is 0.865. The number of rotatable bonds is 1. The molecular formula is C5H8Cl2N2. The van der Waals surface area contributed by atoms with Gasteiger partial charge >= 0.3 is 0 Å². The molecule has 0 saturated carbocycles. The molecule has 0 atom stereocenters. The number of imidazole rings is 1. The van der Waals surface area contributed by atoms with Gasteiger partial charge < -0.3 is 4.57 Å². The van der Waals surface area contributed by atoms with E-state index in [0.29, 0.717) is 5.88 Å². The van der Waals surface area contributed by atoms with Gasteiger partial charge in [-0.05, 0) is 0 Å². The van der Waals surface area contributed by atoms with Crippen LogP contribution < -0.4 is 0 Å². The SMILES string of the molecule is Cl.Cn1cncc1CCl. The highest BCUT2D eigenvalue weighted by atomic mass is 35.5. The lowest BCUT2D eigenvalue weighted by atomic mass is 10.5. The highest BCUT2D eigenvalue weighted by Gasteiger charge is 1.91. The molecular weight excluding hydrogens is 159 g/mol. The maximum absolute atomic E-state index is 5.51. The Morgan fingerprint density at radius 1 is 1.78 bits per heavy atom. The van der Waals surface area contributed by atoms with Gasteiger partial charge in [0.2, 0.25) is 0 Å². The van der Waals surface area contributed by atoms with Crippen molar-refractivity contribution in [1.82, 2.24) is 9.55 Å². The topological polar surface area (TPSA) is 17.8 Å². The fraction of sp³-hybridized carbons (Fsp3) is 0.400. The van der Waals surface area contributed by atoms with Crippen LogP contribution in [0.4, 0.5) is 0 Å². The number of nitrogens with zero attached hydrogens (tertiary/aromatic N) is 2. The summed E-state index contributed by atoms with van der Waals surface area (Å²) in [5.74, 6) is 0.538. The number of hydrogen-bond donors (Lipinski definition) is 0. The van der Waals surface area contributed by atoms with Crippen LogP contribution in [0.1, 0.15) is 5.69 Å². The van der Waals surface area contributed by atoms with Crippen molar-refractivity contribution in [3.05, 3.63) is 18.2 Å². The van der Waals surface area contributed by atoms with E-state index in [-0.39, 0.29) is 12.4 Å². The zero-order valence-electron chi connectivity index (χ0n) is 5.04. The van der Waals surface area contributed by atoms with Crippen LogP contribution in [0.2, 0.25) is 0 Å². The van der Waals surface area contributed by atoms with Gasteiger partial charge in [0.15, 0.2) is 0 Å². The Labute approximate surface area is 65.3 Å². The standard InChI is InChI=1S/C5H7ClN2.ClH/c1-8-4-7-3-5(8)2-6;/h3-4H,2H2,1H3;1H. The summed E-state index contributed by atoms with van der Waals surface area (Å²) >= 11 is 5.51. The molecule has 0 aliphatic heterocycles. The Morgan fingerprint density at radius 2 is 2.44 bits per heavy atom. The number of hydrogen-bond acceptors (Lipinski definition) is 1. The van der Waals surface area contributed by atoms with Crippen molar-refractivity contribution in [3.63, 3.8) is 0 Å². The second-order valence-electron chi connectivity index (χ2n) is 1.63. The van der Waals surface area contributed by atoms with Gasteiger partial charge in [0.1, 0.15) is 0 Å². The molecule has 0 aliphatic rings. The highest BCUT2D eigenvalue weighted by Crippen LogP contribution is 1.98. The first-order chi connectivity index (χ1) is 3.84. The zero-order valence-corrected chi connectivity index (χ0v) is 6.61. The van der Waals surface area contributed by atoms with Gasteiger partial charge in [-0.15, -0.1) is 24.0 Å². The van der Waals surface area contributed by atoms with Gasteiger partial charge in [0.25, 0.3) is 0 Å². The minimum absolute atomic E-state index is 0. The summed E-state index contributed by atoms with van der Waals surface area (Å²) in [5, 5.41) is 0. The molecule has 0 radical (unpaired) electrons. The molecule has 0 fully saturated rings. The molecule has 0 aromatic carbocycles. The summed E-state index contributed by atoms with van der Waals surface area (Å²) < 4.78 is 1.90. The first kappa shape index (κ1) is 8.79. The van der Waals surface area contributed by atoms with Crippen molar-refractivity contribution in [2.45, 2.75) is 5.88 Å². The number of aryl methyl sites for hydroxylation is 1. The summed E-state index contributed by atoms with van der Waals surface area (Å²) in [4.78, 5) is 3.87. The Kier molecular flexibility index (Phi) is 3.66. The van der Waals surface area contributed by atoms with Gasteiger partial charge in [0, 0.05) is 13.2 Å². The lowest BCUT2D eigenvalue weighted by Gasteiger charge is -1.91. The molecule has 4 heteroatoms. The first-order valence-corrected chi connectivity index (χ1v) is 2.89. The molecule has 1 rings (SSSR count). The van der Waals surface area contributed by atoms with Crippen molar-refractivity contribution in [1.29, 1.82) is 0 Å². The molecule has 0 bridgehead atoms. The maximum atomic E-state index is 5.51. The third-order valence-corrected chi connectivity index (χ3v) is 1.33. The van der Waals surface area contributed by atoms with Crippen molar-refractivity contribution >= 4 is 24.0 Å². The molecule has 1 aromatic rings. The van der Waals surface area contributed by atoms with Crippen LogP contribution in [0.15, 0.2) is 12.5 Å². The molecule has 1 heterocycles. The normalized spacial score (nSPS) is 8.67. The summed E-state index contributed by atoms with van der Waals surface area (Å²) in [6.07, 6.45) is 3.49. The first-order valence-electron chi connectivity index (χ1n) is 2.35. The molecule has 52 valence electrons. The monoisotopic (exact) mass is 166 g/mol. The molecule has 0 N–H and O–H groups in total. The third-order valence-electron chi connectivity index (χ3n) is 1.05. The van der Waals surface area contributed by atoms with Crippen LogP contribution in [0, 0.1) is 0 Å². The average Bonchev–Trinajstić information content (AvgIpc) is 2.14. The minimum Gasteiger partial charge on any atom is -0.337 e.